The SMILES string of the molecule is CCC(CN)N1CCN(S(=O)(=O)c2ccccc2F)CC1. The summed E-state index contributed by atoms with van der Waals surface area (Å²) in [6, 6.07) is 5.78. The van der Waals surface area contributed by atoms with Crippen molar-refractivity contribution >= 4 is 10.0 Å². The van der Waals surface area contributed by atoms with Crippen LogP contribution in [0.1, 0.15) is 13.3 Å². The first kappa shape index (κ1) is 16.4. The fraction of sp³-hybridized carbons (Fsp3) is 0.571. The molecule has 1 saturated heterocycles. The van der Waals surface area contributed by atoms with E-state index in [1.165, 1.54) is 28.6 Å². The summed E-state index contributed by atoms with van der Waals surface area (Å²) < 4.78 is 40.0. The normalized spacial score (nSPS) is 19.6. The van der Waals surface area contributed by atoms with Gasteiger partial charge in [-0.3, -0.25) is 4.90 Å². The number of nitrogens with zero attached hydrogens (tertiary/aromatic N) is 2. The van der Waals surface area contributed by atoms with Gasteiger partial charge in [-0.2, -0.15) is 4.31 Å². The predicted octanol–water partition coefficient (Wildman–Crippen LogP) is 0.869. The minimum Gasteiger partial charge on any atom is -0.329 e. The van der Waals surface area contributed by atoms with Crippen LogP contribution in [0.25, 0.3) is 0 Å². The molecule has 1 aromatic carbocycles. The van der Waals surface area contributed by atoms with E-state index in [0.717, 1.165) is 6.42 Å². The van der Waals surface area contributed by atoms with E-state index in [2.05, 4.69) is 11.8 Å². The van der Waals surface area contributed by atoms with E-state index in [0.29, 0.717) is 32.7 Å². The summed E-state index contributed by atoms with van der Waals surface area (Å²) in [4.78, 5) is 1.96. The Morgan fingerprint density at radius 3 is 2.38 bits per heavy atom. The summed E-state index contributed by atoms with van der Waals surface area (Å²) in [5.41, 5.74) is 5.72. The average molecular weight is 315 g/mol. The Bertz CT molecular complexity index is 567. The van der Waals surface area contributed by atoms with Gasteiger partial charge in [-0.1, -0.05) is 19.1 Å². The summed E-state index contributed by atoms with van der Waals surface area (Å²) in [6.07, 6.45) is 0.941. The molecule has 1 unspecified atom stereocenters. The number of sulfonamides is 1. The molecule has 1 aliphatic rings. The van der Waals surface area contributed by atoms with Crippen LogP contribution in [0.3, 0.4) is 0 Å². The Balaban J connectivity index is 2.10. The molecule has 2 rings (SSSR count). The van der Waals surface area contributed by atoms with Gasteiger partial charge in [-0.25, -0.2) is 12.8 Å². The second-order valence-electron chi connectivity index (χ2n) is 5.17. The van der Waals surface area contributed by atoms with Crippen molar-refractivity contribution in [2.45, 2.75) is 24.3 Å². The van der Waals surface area contributed by atoms with Gasteiger partial charge >= 0.3 is 0 Å². The molecule has 1 atom stereocenters. The molecule has 7 heteroatoms. The van der Waals surface area contributed by atoms with Gasteiger partial charge in [0.25, 0.3) is 0 Å². The van der Waals surface area contributed by atoms with E-state index in [-0.39, 0.29) is 10.9 Å². The summed E-state index contributed by atoms with van der Waals surface area (Å²) in [7, 11) is -3.75. The lowest BCUT2D eigenvalue weighted by atomic mass is 10.1. The van der Waals surface area contributed by atoms with E-state index >= 15 is 0 Å². The topological polar surface area (TPSA) is 66.6 Å². The van der Waals surface area contributed by atoms with Crippen molar-refractivity contribution in [1.29, 1.82) is 0 Å². The Labute approximate surface area is 125 Å². The highest BCUT2D eigenvalue weighted by molar-refractivity contribution is 7.89. The van der Waals surface area contributed by atoms with Gasteiger partial charge in [-0.05, 0) is 18.6 Å². The molecule has 21 heavy (non-hydrogen) atoms. The lowest BCUT2D eigenvalue weighted by Crippen LogP contribution is -2.53. The van der Waals surface area contributed by atoms with Gasteiger partial charge in [0.2, 0.25) is 10.0 Å². The van der Waals surface area contributed by atoms with Gasteiger partial charge in [0, 0.05) is 38.8 Å². The number of nitrogens with two attached hydrogens (primary N) is 1. The molecule has 1 heterocycles. The third-order valence-electron chi connectivity index (χ3n) is 3.99. The van der Waals surface area contributed by atoms with E-state index in [9.17, 15) is 12.8 Å². The van der Waals surface area contributed by atoms with Gasteiger partial charge in [0.1, 0.15) is 10.7 Å². The second-order valence-corrected chi connectivity index (χ2v) is 7.07. The first-order valence-electron chi connectivity index (χ1n) is 7.19. The zero-order valence-corrected chi connectivity index (χ0v) is 13.0. The smallest absolute Gasteiger partial charge is 0.246 e. The van der Waals surface area contributed by atoms with Gasteiger partial charge in [0.15, 0.2) is 0 Å². The molecule has 0 spiro atoms. The Kier molecular flexibility index (Phi) is 5.32. The van der Waals surface area contributed by atoms with Gasteiger partial charge < -0.3 is 5.73 Å². The highest BCUT2D eigenvalue weighted by Gasteiger charge is 2.31. The van der Waals surface area contributed by atoms with Crippen molar-refractivity contribution < 1.29 is 12.8 Å². The van der Waals surface area contributed by atoms with Crippen LogP contribution in [0.2, 0.25) is 0 Å². The van der Waals surface area contributed by atoms with Crippen LogP contribution >= 0.6 is 0 Å². The molecule has 0 saturated carbocycles. The van der Waals surface area contributed by atoms with Crippen molar-refractivity contribution in [2.75, 3.05) is 32.7 Å². The summed E-state index contributed by atoms with van der Waals surface area (Å²) in [5, 5.41) is 0. The third-order valence-corrected chi connectivity index (χ3v) is 5.92. The number of hydrogen-bond donors (Lipinski definition) is 1. The molecule has 1 aliphatic heterocycles. The highest BCUT2D eigenvalue weighted by Crippen LogP contribution is 2.21. The van der Waals surface area contributed by atoms with Crippen LogP contribution in [-0.2, 0) is 10.0 Å². The lowest BCUT2D eigenvalue weighted by molar-refractivity contribution is 0.137. The molecular weight excluding hydrogens is 293 g/mol. The summed E-state index contributed by atoms with van der Waals surface area (Å²) in [5.74, 6) is -0.701. The van der Waals surface area contributed by atoms with Crippen molar-refractivity contribution in [3.63, 3.8) is 0 Å². The maximum atomic E-state index is 13.7. The third kappa shape index (κ3) is 3.42. The average Bonchev–Trinajstić information content (AvgIpc) is 2.49. The molecule has 0 aromatic heterocycles. The molecule has 0 radical (unpaired) electrons. The fourth-order valence-corrected chi connectivity index (χ4v) is 4.16. The number of piperazine rings is 1. The first-order chi connectivity index (χ1) is 10.0. The van der Waals surface area contributed by atoms with Crippen LogP contribution < -0.4 is 5.73 Å². The van der Waals surface area contributed by atoms with Crippen LogP contribution in [-0.4, -0.2) is 56.4 Å². The zero-order chi connectivity index (χ0) is 15.5. The lowest BCUT2D eigenvalue weighted by Gasteiger charge is -2.38. The molecular formula is C14H22FN3O2S. The maximum absolute atomic E-state index is 13.7. The van der Waals surface area contributed by atoms with Crippen LogP contribution in [0.4, 0.5) is 4.39 Å². The minimum absolute atomic E-state index is 0.246. The van der Waals surface area contributed by atoms with Gasteiger partial charge in [-0.15, -0.1) is 0 Å². The summed E-state index contributed by atoms with van der Waals surface area (Å²) in [6.45, 7) is 4.63. The molecule has 1 aromatic rings. The van der Waals surface area contributed by atoms with E-state index in [1.54, 1.807) is 0 Å². The van der Waals surface area contributed by atoms with Crippen LogP contribution in [0.15, 0.2) is 29.2 Å². The molecule has 0 bridgehead atoms. The van der Waals surface area contributed by atoms with Crippen molar-refractivity contribution in [1.82, 2.24) is 9.21 Å². The minimum atomic E-state index is -3.75. The molecule has 5 nitrogen and oxygen atoms in total. The number of rotatable bonds is 5. The number of benzene rings is 1. The number of halogens is 1. The largest absolute Gasteiger partial charge is 0.329 e. The fourth-order valence-electron chi connectivity index (χ4n) is 2.68. The highest BCUT2D eigenvalue weighted by atomic mass is 32.2. The van der Waals surface area contributed by atoms with Crippen molar-refractivity contribution in [2.24, 2.45) is 5.73 Å². The standard InChI is InChI=1S/C14H22FN3O2S/c1-2-12(11-16)17-7-9-18(10-8-17)21(19,20)14-6-4-3-5-13(14)15/h3-6,12H,2,7-11,16H2,1H3. The Hall–Kier alpha value is -1.02. The number of hydrogen-bond acceptors (Lipinski definition) is 4. The Morgan fingerprint density at radius 2 is 1.86 bits per heavy atom. The predicted molar refractivity (Wildman–Crippen MR) is 79.9 cm³/mol. The van der Waals surface area contributed by atoms with E-state index in [4.69, 9.17) is 5.73 Å². The second kappa shape index (κ2) is 6.83. The van der Waals surface area contributed by atoms with E-state index < -0.39 is 15.8 Å². The Morgan fingerprint density at radius 1 is 1.24 bits per heavy atom. The van der Waals surface area contributed by atoms with Crippen LogP contribution in [0, 0.1) is 5.82 Å². The molecule has 118 valence electrons. The van der Waals surface area contributed by atoms with E-state index in [1.807, 2.05) is 0 Å². The molecule has 0 aliphatic carbocycles. The monoisotopic (exact) mass is 315 g/mol. The molecule has 0 amide bonds. The zero-order valence-electron chi connectivity index (χ0n) is 12.2. The van der Waals surface area contributed by atoms with Crippen molar-refractivity contribution in [3.05, 3.63) is 30.1 Å². The molecule has 2 N–H and O–H groups in total. The van der Waals surface area contributed by atoms with Gasteiger partial charge in [0.05, 0.1) is 0 Å². The van der Waals surface area contributed by atoms with Crippen molar-refractivity contribution in [3.8, 4) is 0 Å². The maximum Gasteiger partial charge on any atom is 0.246 e. The quantitative estimate of drug-likeness (QED) is 0.875. The summed E-state index contributed by atoms with van der Waals surface area (Å²) >= 11 is 0. The first-order valence-corrected chi connectivity index (χ1v) is 8.63. The van der Waals surface area contributed by atoms with Crippen LogP contribution in [0.5, 0.6) is 0 Å². The molecule has 1 fully saturated rings.